The summed E-state index contributed by atoms with van der Waals surface area (Å²) in [6, 6.07) is 8.23. The Morgan fingerprint density at radius 2 is 2.00 bits per heavy atom. The van der Waals surface area contributed by atoms with E-state index in [-0.39, 0.29) is 17.6 Å². The molecule has 1 heterocycles. The van der Waals surface area contributed by atoms with Crippen molar-refractivity contribution in [3.63, 3.8) is 0 Å². The van der Waals surface area contributed by atoms with Crippen LogP contribution in [-0.4, -0.2) is 23.7 Å². The lowest BCUT2D eigenvalue weighted by molar-refractivity contribution is -0.139. The number of aryl methyl sites for hydroxylation is 1. The fourth-order valence-corrected chi connectivity index (χ4v) is 3.62. The van der Waals surface area contributed by atoms with Crippen LogP contribution in [0, 0.1) is 12.8 Å². The molecule has 2 unspecified atom stereocenters. The summed E-state index contributed by atoms with van der Waals surface area (Å²) >= 11 is 0. The van der Waals surface area contributed by atoms with Crippen LogP contribution in [0.15, 0.2) is 24.3 Å². The Labute approximate surface area is 146 Å². The van der Waals surface area contributed by atoms with Crippen LogP contribution in [0.2, 0.25) is 0 Å². The quantitative estimate of drug-likeness (QED) is 0.867. The van der Waals surface area contributed by atoms with E-state index in [0.29, 0.717) is 25.4 Å². The van der Waals surface area contributed by atoms with Gasteiger partial charge in [-0.1, -0.05) is 38.1 Å². The number of nitrogens with one attached hydrogen (secondary N) is 1. The molecule has 1 aromatic carbocycles. The van der Waals surface area contributed by atoms with Gasteiger partial charge in [-0.25, -0.2) is 0 Å². The molecule has 0 radical (unpaired) electrons. The van der Waals surface area contributed by atoms with Gasteiger partial charge >= 0.3 is 0 Å². The lowest BCUT2D eigenvalue weighted by atomic mass is 9.81. The van der Waals surface area contributed by atoms with Gasteiger partial charge in [0.25, 0.3) is 0 Å². The van der Waals surface area contributed by atoms with Crippen molar-refractivity contribution in [1.29, 1.82) is 0 Å². The molecule has 0 bridgehead atoms. The van der Waals surface area contributed by atoms with Gasteiger partial charge in [0, 0.05) is 13.0 Å². The summed E-state index contributed by atoms with van der Waals surface area (Å²) in [6.07, 6.45) is 1.99. The molecule has 0 saturated carbocycles. The van der Waals surface area contributed by atoms with Crippen molar-refractivity contribution in [1.82, 2.24) is 5.32 Å². The Morgan fingerprint density at radius 3 is 2.58 bits per heavy atom. The number of amides is 1. The van der Waals surface area contributed by atoms with Gasteiger partial charge in [0.05, 0.1) is 11.6 Å². The molecule has 134 valence electrons. The number of hydrogen-bond acceptors (Lipinski definition) is 3. The SMILES string of the molecule is Cc1ccccc1C(CC(C)C)NC(=O)C1(N)CCOC(C)(C)C1. The minimum Gasteiger partial charge on any atom is -0.375 e. The molecule has 1 aliphatic heterocycles. The second kappa shape index (κ2) is 7.24. The van der Waals surface area contributed by atoms with Crippen LogP contribution >= 0.6 is 0 Å². The summed E-state index contributed by atoms with van der Waals surface area (Å²) in [6.45, 7) is 10.9. The molecule has 3 N–H and O–H groups in total. The average molecular weight is 332 g/mol. The van der Waals surface area contributed by atoms with Crippen LogP contribution in [0.25, 0.3) is 0 Å². The van der Waals surface area contributed by atoms with E-state index in [1.165, 1.54) is 11.1 Å². The van der Waals surface area contributed by atoms with Crippen molar-refractivity contribution in [2.24, 2.45) is 11.7 Å². The van der Waals surface area contributed by atoms with E-state index < -0.39 is 5.54 Å². The highest BCUT2D eigenvalue weighted by Gasteiger charge is 2.44. The van der Waals surface area contributed by atoms with Crippen LogP contribution in [0.5, 0.6) is 0 Å². The molecule has 1 aliphatic rings. The molecule has 0 aliphatic carbocycles. The van der Waals surface area contributed by atoms with E-state index in [9.17, 15) is 4.79 Å². The van der Waals surface area contributed by atoms with Crippen LogP contribution in [0.1, 0.15) is 64.1 Å². The maximum atomic E-state index is 13.0. The molecule has 4 nitrogen and oxygen atoms in total. The average Bonchev–Trinajstić information content (AvgIpc) is 2.45. The zero-order valence-corrected chi connectivity index (χ0v) is 15.7. The van der Waals surface area contributed by atoms with E-state index in [4.69, 9.17) is 10.5 Å². The first-order valence-corrected chi connectivity index (χ1v) is 8.92. The second-order valence-corrected chi connectivity index (χ2v) is 8.20. The van der Waals surface area contributed by atoms with Gasteiger partial charge in [-0.2, -0.15) is 0 Å². The summed E-state index contributed by atoms with van der Waals surface area (Å²) in [4.78, 5) is 13.0. The predicted octanol–water partition coefficient (Wildman–Crippen LogP) is 3.48. The first kappa shape index (κ1) is 18.9. The fraction of sp³-hybridized carbons (Fsp3) is 0.650. The first-order chi connectivity index (χ1) is 11.1. The first-order valence-electron chi connectivity index (χ1n) is 8.92. The van der Waals surface area contributed by atoms with Gasteiger partial charge in [-0.3, -0.25) is 4.79 Å². The highest BCUT2D eigenvalue weighted by molar-refractivity contribution is 5.86. The van der Waals surface area contributed by atoms with Gasteiger partial charge in [0.1, 0.15) is 5.54 Å². The molecule has 24 heavy (non-hydrogen) atoms. The van der Waals surface area contributed by atoms with Gasteiger partial charge in [0.15, 0.2) is 0 Å². The summed E-state index contributed by atoms with van der Waals surface area (Å²) in [5.41, 5.74) is 7.63. The van der Waals surface area contributed by atoms with Gasteiger partial charge < -0.3 is 15.8 Å². The van der Waals surface area contributed by atoms with Crippen molar-refractivity contribution >= 4 is 5.91 Å². The Bertz CT molecular complexity index is 583. The highest BCUT2D eigenvalue weighted by atomic mass is 16.5. The van der Waals surface area contributed by atoms with Crippen LogP contribution in [0.4, 0.5) is 0 Å². The van der Waals surface area contributed by atoms with E-state index >= 15 is 0 Å². The molecule has 2 rings (SSSR count). The summed E-state index contributed by atoms with van der Waals surface area (Å²) in [5, 5.41) is 3.23. The molecule has 1 fully saturated rings. The third kappa shape index (κ3) is 4.58. The molecule has 0 spiro atoms. The Kier molecular flexibility index (Phi) is 5.71. The number of carbonyl (C=O) groups excluding carboxylic acids is 1. The van der Waals surface area contributed by atoms with Crippen molar-refractivity contribution in [2.75, 3.05) is 6.61 Å². The van der Waals surface area contributed by atoms with Crippen molar-refractivity contribution in [2.45, 2.75) is 71.1 Å². The van der Waals surface area contributed by atoms with E-state index in [1.807, 2.05) is 26.0 Å². The van der Waals surface area contributed by atoms with Crippen LogP contribution in [0.3, 0.4) is 0 Å². The molecular formula is C20H32N2O2. The number of hydrogen-bond donors (Lipinski definition) is 2. The Balaban J connectivity index is 2.20. The lowest BCUT2D eigenvalue weighted by Gasteiger charge is -2.42. The molecule has 4 heteroatoms. The number of nitrogens with two attached hydrogens (primary N) is 1. The topological polar surface area (TPSA) is 64.4 Å². The summed E-state index contributed by atoms with van der Waals surface area (Å²) in [5.74, 6) is 0.419. The van der Waals surface area contributed by atoms with Crippen molar-refractivity contribution < 1.29 is 9.53 Å². The molecule has 0 aromatic heterocycles. The van der Waals surface area contributed by atoms with Crippen molar-refractivity contribution in [3.05, 3.63) is 35.4 Å². The minimum atomic E-state index is -0.861. The Morgan fingerprint density at radius 1 is 1.33 bits per heavy atom. The van der Waals surface area contributed by atoms with Crippen LogP contribution in [-0.2, 0) is 9.53 Å². The highest BCUT2D eigenvalue weighted by Crippen LogP contribution is 2.32. The maximum Gasteiger partial charge on any atom is 0.240 e. The molecule has 2 atom stereocenters. The fourth-order valence-electron chi connectivity index (χ4n) is 3.62. The number of benzene rings is 1. The van der Waals surface area contributed by atoms with Gasteiger partial charge in [0.2, 0.25) is 5.91 Å². The number of rotatable bonds is 5. The van der Waals surface area contributed by atoms with Gasteiger partial charge in [-0.05, 0) is 50.7 Å². The summed E-state index contributed by atoms with van der Waals surface area (Å²) < 4.78 is 5.72. The standard InChI is InChI=1S/C20H32N2O2/c1-14(2)12-17(16-9-7-6-8-15(16)3)22-18(23)20(21)10-11-24-19(4,5)13-20/h6-9,14,17H,10-13,21H2,1-5H3,(H,22,23). The normalized spacial score (nSPS) is 24.6. The zero-order chi connectivity index (χ0) is 18.0. The smallest absolute Gasteiger partial charge is 0.240 e. The van der Waals surface area contributed by atoms with E-state index in [0.717, 1.165) is 6.42 Å². The minimum absolute atomic E-state index is 0.00918. The third-order valence-corrected chi connectivity index (χ3v) is 4.81. The second-order valence-electron chi connectivity index (χ2n) is 8.20. The molecule has 1 saturated heterocycles. The molecule has 1 amide bonds. The van der Waals surface area contributed by atoms with E-state index in [2.05, 4.69) is 38.2 Å². The third-order valence-electron chi connectivity index (χ3n) is 4.81. The number of carbonyl (C=O) groups is 1. The van der Waals surface area contributed by atoms with Gasteiger partial charge in [-0.15, -0.1) is 0 Å². The monoisotopic (exact) mass is 332 g/mol. The zero-order valence-electron chi connectivity index (χ0n) is 15.7. The largest absolute Gasteiger partial charge is 0.375 e. The lowest BCUT2D eigenvalue weighted by Crippen LogP contribution is -2.61. The van der Waals surface area contributed by atoms with E-state index in [1.54, 1.807) is 0 Å². The van der Waals surface area contributed by atoms with Crippen molar-refractivity contribution in [3.8, 4) is 0 Å². The number of ether oxygens (including phenoxy) is 1. The summed E-state index contributed by atoms with van der Waals surface area (Å²) in [7, 11) is 0. The predicted molar refractivity (Wildman–Crippen MR) is 97.7 cm³/mol. The maximum absolute atomic E-state index is 13.0. The Hall–Kier alpha value is -1.39. The van der Waals surface area contributed by atoms with Crippen LogP contribution < -0.4 is 11.1 Å². The molecular weight excluding hydrogens is 300 g/mol. The molecule has 1 aromatic rings.